The fraction of sp³-hybridized carbons (Fsp3) is 0.526. The van der Waals surface area contributed by atoms with E-state index >= 15 is 0 Å². The van der Waals surface area contributed by atoms with Crippen molar-refractivity contribution >= 4 is 11.8 Å². The number of piperazine rings is 1. The number of imidazole rings is 1. The fourth-order valence-corrected chi connectivity index (χ4v) is 3.33. The van der Waals surface area contributed by atoms with Crippen LogP contribution in [0.3, 0.4) is 0 Å². The van der Waals surface area contributed by atoms with E-state index in [0.29, 0.717) is 32.7 Å². The van der Waals surface area contributed by atoms with Crippen LogP contribution in [0.1, 0.15) is 30.7 Å². The predicted molar refractivity (Wildman–Crippen MR) is 99.6 cm³/mol. The molecular weight excluding hydrogens is 346 g/mol. The fourth-order valence-electron chi connectivity index (χ4n) is 3.33. The Morgan fingerprint density at radius 3 is 2.89 bits per heavy atom. The van der Waals surface area contributed by atoms with Crippen LogP contribution < -0.4 is 5.32 Å². The van der Waals surface area contributed by atoms with Gasteiger partial charge < -0.3 is 19.2 Å². The van der Waals surface area contributed by atoms with Gasteiger partial charge in [0.05, 0.1) is 25.6 Å². The van der Waals surface area contributed by atoms with Crippen LogP contribution in [0.5, 0.6) is 0 Å². The van der Waals surface area contributed by atoms with Crippen molar-refractivity contribution in [3.8, 4) is 0 Å². The van der Waals surface area contributed by atoms with Gasteiger partial charge in [-0.05, 0) is 26.0 Å². The highest BCUT2D eigenvalue weighted by molar-refractivity contribution is 5.88. The molecule has 0 saturated carbocycles. The normalized spacial score (nSPS) is 17.7. The van der Waals surface area contributed by atoms with E-state index in [9.17, 15) is 9.59 Å². The first-order valence-electron chi connectivity index (χ1n) is 9.29. The number of hydrogen-bond acceptors (Lipinski definition) is 5. The van der Waals surface area contributed by atoms with Gasteiger partial charge in [0, 0.05) is 39.1 Å². The predicted octanol–water partition coefficient (Wildman–Crippen LogP) is 1.06. The molecule has 2 amide bonds. The molecule has 2 aromatic rings. The molecule has 1 atom stereocenters. The zero-order valence-corrected chi connectivity index (χ0v) is 16.1. The smallest absolute Gasteiger partial charge is 0.237 e. The average Bonchev–Trinajstić information content (AvgIpc) is 3.23. The summed E-state index contributed by atoms with van der Waals surface area (Å²) in [6, 6.07) is 3.33. The summed E-state index contributed by atoms with van der Waals surface area (Å²) in [6.07, 6.45) is 3.72. The van der Waals surface area contributed by atoms with Crippen LogP contribution in [0.2, 0.25) is 0 Å². The van der Waals surface area contributed by atoms with Crippen molar-refractivity contribution in [3.05, 3.63) is 41.9 Å². The van der Waals surface area contributed by atoms with Crippen LogP contribution in [0.4, 0.5) is 0 Å². The Morgan fingerprint density at radius 1 is 1.44 bits per heavy atom. The zero-order chi connectivity index (χ0) is 19.4. The highest BCUT2D eigenvalue weighted by Crippen LogP contribution is 2.17. The maximum Gasteiger partial charge on any atom is 0.237 e. The molecule has 0 radical (unpaired) electrons. The summed E-state index contributed by atoms with van der Waals surface area (Å²) in [7, 11) is 1.91. The van der Waals surface area contributed by atoms with E-state index in [4.69, 9.17) is 4.42 Å². The van der Waals surface area contributed by atoms with E-state index in [-0.39, 0.29) is 18.2 Å². The van der Waals surface area contributed by atoms with Gasteiger partial charge in [-0.3, -0.25) is 14.5 Å². The Kier molecular flexibility index (Phi) is 5.95. The Bertz CT molecular complexity index is 797. The standard InChI is InChI=1S/C19H27N5O3/c1-4-23(13-17-20-7-9-22(17)3)18(25)11-16-19(26)21-8-10-24(16)12-15-6-5-14(2)27-15/h5-7,9,16H,4,8,10-13H2,1-3H3,(H,21,26)/t16-/m1/s1. The van der Waals surface area contributed by atoms with Gasteiger partial charge >= 0.3 is 0 Å². The maximum atomic E-state index is 12.9. The number of furan rings is 1. The maximum absolute atomic E-state index is 12.9. The van der Waals surface area contributed by atoms with Crippen LogP contribution in [-0.4, -0.2) is 56.8 Å². The number of nitrogens with zero attached hydrogens (tertiary/aromatic N) is 4. The highest BCUT2D eigenvalue weighted by atomic mass is 16.3. The minimum atomic E-state index is -0.493. The van der Waals surface area contributed by atoms with Gasteiger partial charge in [0.2, 0.25) is 11.8 Å². The van der Waals surface area contributed by atoms with E-state index in [1.54, 1.807) is 11.1 Å². The molecule has 0 aromatic carbocycles. The van der Waals surface area contributed by atoms with E-state index in [1.165, 1.54) is 0 Å². The molecular formula is C19H27N5O3. The molecule has 0 aliphatic carbocycles. The van der Waals surface area contributed by atoms with Crippen molar-refractivity contribution in [3.63, 3.8) is 0 Å². The zero-order valence-electron chi connectivity index (χ0n) is 16.1. The second kappa shape index (κ2) is 8.39. The van der Waals surface area contributed by atoms with Gasteiger partial charge in [0.1, 0.15) is 17.3 Å². The molecule has 3 rings (SSSR count). The number of aromatic nitrogens is 2. The van der Waals surface area contributed by atoms with Crippen LogP contribution in [0.15, 0.2) is 28.9 Å². The largest absolute Gasteiger partial charge is 0.465 e. The Hall–Kier alpha value is -2.61. The van der Waals surface area contributed by atoms with Gasteiger partial charge in [0.15, 0.2) is 0 Å². The van der Waals surface area contributed by atoms with Crippen LogP contribution in [0.25, 0.3) is 0 Å². The minimum absolute atomic E-state index is 0.0526. The molecule has 0 spiro atoms. The first-order chi connectivity index (χ1) is 13.0. The molecule has 1 saturated heterocycles. The average molecular weight is 373 g/mol. The molecule has 1 fully saturated rings. The molecule has 0 bridgehead atoms. The SMILES string of the molecule is CCN(Cc1nccn1C)C(=O)C[C@@H]1C(=O)NCCN1Cc1ccc(C)o1. The van der Waals surface area contributed by atoms with E-state index in [2.05, 4.69) is 10.3 Å². The Balaban J connectivity index is 1.68. The van der Waals surface area contributed by atoms with Crippen molar-refractivity contribution in [1.29, 1.82) is 0 Å². The van der Waals surface area contributed by atoms with Crippen molar-refractivity contribution in [2.24, 2.45) is 7.05 Å². The molecule has 3 heterocycles. The van der Waals surface area contributed by atoms with Crippen molar-refractivity contribution in [1.82, 2.24) is 24.7 Å². The van der Waals surface area contributed by atoms with Crippen molar-refractivity contribution in [2.75, 3.05) is 19.6 Å². The monoisotopic (exact) mass is 373 g/mol. The number of rotatable bonds is 7. The van der Waals surface area contributed by atoms with E-state index in [0.717, 1.165) is 17.3 Å². The number of aryl methyl sites for hydroxylation is 2. The lowest BCUT2D eigenvalue weighted by Gasteiger charge is -2.35. The van der Waals surface area contributed by atoms with Gasteiger partial charge in [-0.15, -0.1) is 0 Å². The van der Waals surface area contributed by atoms with Crippen LogP contribution in [-0.2, 0) is 29.7 Å². The summed E-state index contributed by atoms with van der Waals surface area (Å²) < 4.78 is 7.54. The number of hydrogen-bond donors (Lipinski definition) is 1. The van der Waals surface area contributed by atoms with E-state index in [1.807, 2.05) is 48.7 Å². The first-order valence-corrected chi connectivity index (χ1v) is 9.29. The second-order valence-electron chi connectivity index (χ2n) is 6.86. The summed E-state index contributed by atoms with van der Waals surface area (Å²) in [5.41, 5.74) is 0. The lowest BCUT2D eigenvalue weighted by Crippen LogP contribution is -2.56. The van der Waals surface area contributed by atoms with Gasteiger partial charge in [-0.25, -0.2) is 4.98 Å². The molecule has 1 aliphatic rings. The van der Waals surface area contributed by atoms with Crippen molar-refractivity contribution < 1.29 is 14.0 Å². The van der Waals surface area contributed by atoms with Gasteiger partial charge in [-0.1, -0.05) is 0 Å². The third-order valence-electron chi connectivity index (χ3n) is 4.95. The highest BCUT2D eigenvalue weighted by Gasteiger charge is 2.33. The number of amides is 2. The van der Waals surface area contributed by atoms with Crippen LogP contribution >= 0.6 is 0 Å². The Labute approximate surface area is 159 Å². The molecule has 1 N–H and O–H groups in total. The minimum Gasteiger partial charge on any atom is -0.465 e. The second-order valence-corrected chi connectivity index (χ2v) is 6.86. The number of carbonyl (C=O) groups is 2. The lowest BCUT2D eigenvalue weighted by atomic mass is 10.1. The summed E-state index contributed by atoms with van der Waals surface area (Å²) in [5.74, 6) is 2.31. The molecule has 1 aliphatic heterocycles. The molecule has 2 aromatic heterocycles. The molecule has 27 heavy (non-hydrogen) atoms. The number of nitrogens with one attached hydrogen (secondary N) is 1. The van der Waals surface area contributed by atoms with Gasteiger partial charge in [0.25, 0.3) is 0 Å². The van der Waals surface area contributed by atoms with Gasteiger partial charge in [-0.2, -0.15) is 0 Å². The summed E-state index contributed by atoms with van der Waals surface area (Å²) in [4.78, 5) is 33.4. The summed E-state index contributed by atoms with van der Waals surface area (Å²) in [5, 5.41) is 2.87. The van der Waals surface area contributed by atoms with Crippen LogP contribution in [0, 0.1) is 6.92 Å². The quantitative estimate of drug-likeness (QED) is 0.785. The van der Waals surface area contributed by atoms with E-state index < -0.39 is 6.04 Å². The van der Waals surface area contributed by atoms with Crippen molar-refractivity contribution in [2.45, 2.75) is 39.4 Å². The third-order valence-corrected chi connectivity index (χ3v) is 4.95. The third kappa shape index (κ3) is 4.57. The Morgan fingerprint density at radius 2 is 2.26 bits per heavy atom. The molecule has 146 valence electrons. The molecule has 8 heteroatoms. The molecule has 0 unspecified atom stereocenters. The lowest BCUT2D eigenvalue weighted by molar-refractivity contribution is -0.139. The summed E-state index contributed by atoms with van der Waals surface area (Å²) in [6.45, 7) is 6.62. The molecule has 8 nitrogen and oxygen atoms in total. The summed E-state index contributed by atoms with van der Waals surface area (Å²) >= 11 is 0. The topological polar surface area (TPSA) is 83.6 Å². The first kappa shape index (κ1) is 19.2. The number of carbonyl (C=O) groups excluding carboxylic acids is 2.